The molecule has 10 heteroatoms. The van der Waals surface area contributed by atoms with Crippen molar-refractivity contribution in [1.29, 1.82) is 0 Å². The number of thioether (sulfide) groups is 1. The third kappa shape index (κ3) is 5.78. The summed E-state index contributed by atoms with van der Waals surface area (Å²) < 4.78 is 18.4. The van der Waals surface area contributed by atoms with Gasteiger partial charge in [0.15, 0.2) is 5.16 Å². The topological polar surface area (TPSA) is 91.7 Å². The lowest BCUT2D eigenvalue weighted by Gasteiger charge is -2.14. The monoisotopic (exact) mass is 463 g/mol. The number of methoxy groups -OCH3 is 1. The Labute approximate surface area is 188 Å². The molecule has 1 amide bonds. The summed E-state index contributed by atoms with van der Waals surface area (Å²) >= 11 is 2.56. The number of thiophene rings is 1. The number of ether oxygens (including phenoxy) is 3. The van der Waals surface area contributed by atoms with E-state index in [0.29, 0.717) is 58.9 Å². The first kappa shape index (κ1) is 23.1. The molecular weight excluding hydrogens is 438 g/mol. The first-order valence-electron chi connectivity index (χ1n) is 9.86. The molecule has 0 aliphatic carbocycles. The molecule has 0 unspecified atom stereocenters. The van der Waals surface area contributed by atoms with Crippen molar-refractivity contribution in [2.24, 2.45) is 0 Å². The number of amides is 1. The Morgan fingerprint density at radius 3 is 2.77 bits per heavy atom. The van der Waals surface area contributed by atoms with E-state index in [1.54, 1.807) is 35.9 Å². The van der Waals surface area contributed by atoms with Gasteiger partial charge in [-0.25, -0.2) is 4.98 Å². The lowest BCUT2D eigenvalue weighted by molar-refractivity contribution is -0.113. The summed E-state index contributed by atoms with van der Waals surface area (Å²) in [4.78, 5) is 30.0. The van der Waals surface area contributed by atoms with Crippen molar-refractivity contribution >= 4 is 44.9 Å². The third-order valence-electron chi connectivity index (χ3n) is 4.22. The molecule has 3 aromatic rings. The van der Waals surface area contributed by atoms with Crippen LogP contribution in [0.5, 0.6) is 11.5 Å². The maximum atomic E-state index is 12.8. The minimum absolute atomic E-state index is 0.0828. The Hall–Kier alpha value is -2.56. The maximum Gasteiger partial charge on any atom is 0.272 e. The lowest BCUT2D eigenvalue weighted by Crippen LogP contribution is -2.25. The predicted octanol–water partition coefficient (Wildman–Crippen LogP) is 3.63. The van der Waals surface area contributed by atoms with E-state index >= 15 is 0 Å². The zero-order valence-electron chi connectivity index (χ0n) is 17.7. The van der Waals surface area contributed by atoms with Gasteiger partial charge in [-0.1, -0.05) is 11.8 Å². The van der Waals surface area contributed by atoms with Gasteiger partial charge in [0, 0.05) is 13.2 Å². The van der Waals surface area contributed by atoms with Crippen molar-refractivity contribution in [2.45, 2.75) is 25.5 Å². The highest BCUT2D eigenvalue weighted by Gasteiger charge is 2.15. The summed E-state index contributed by atoms with van der Waals surface area (Å²) in [6, 6.07) is 7.11. The third-order valence-corrected chi connectivity index (χ3v) is 6.09. The van der Waals surface area contributed by atoms with Crippen molar-refractivity contribution in [2.75, 3.05) is 38.0 Å². The number of carbonyl (C=O) groups is 1. The molecule has 166 valence electrons. The molecule has 0 fully saturated rings. The fourth-order valence-electron chi connectivity index (χ4n) is 2.87. The Balaban J connectivity index is 1.77. The van der Waals surface area contributed by atoms with Crippen molar-refractivity contribution in [3.8, 4) is 11.5 Å². The summed E-state index contributed by atoms with van der Waals surface area (Å²) in [5, 5.41) is 5.19. The van der Waals surface area contributed by atoms with Crippen LogP contribution < -0.4 is 20.3 Å². The zero-order valence-corrected chi connectivity index (χ0v) is 19.3. The second kappa shape index (κ2) is 11.2. The van der Waals surface area contributed by atoms with Crippen LogP contribution in [-0.4, -0.2) is 48.1 Å². The molecule has 2 aromatic heterocycles. The van der Waals surface area contributed by atoms with Gasteiger partial charge >= 0.3 is 0 Å². The van der Waals surface area contributed by atoms with Crippen LogP contribution in [0.25, 0.3) is 10.2 Å². The average molecular weight is 464 g/mol. The van der Waals surface area contributed by atoms with E-state index in [1.165, 1.54) is 23.1 Å². The minimum Gasteiger partial charge on any atom is -0.494 e. The molecule has 0 saturated carbocycles. The van der Waals surface area contributed by atoms with Crippen molar-refractivity contribution in [1.82, 2.24) is 9.55 Å². The molecule has 31 heavy (non-hydrogen) atoms. The van der Waals surface area contributed by atoms with E-state index in [-0.39, 0.29) is 17.2 Å². The molecule has 0 aliphatic heterocycles. The van der Waals surface area contributed by atoms with E-state index in [1.807, 2.05) is 19.2 Å². The van der Waals surface area contributed by atoms with Gasteiger partial charge in [-0.2, -0.15) is 0 Å². The zero-order chi connectivity index (χ0) is 22.2. The Bertz CT molecular complexity index is 1100. The second-order valence-corrected chi connectivity index (χ2v) is 8.20. The molecule has 0 bridgehead atoms. The van der Waals surface area contributed by atoms with Gasteiger partial charge in [0.2, 0.25) is 5.91 Å². The Morgan fingerprint density at radius 2 is 2.03 bits per heavy atom. The van der Waals surface area contributed by atoms with Gasteiger partial charge < -0.3 is 19.5 Å². The van der Waals surface area contributed by atoms with Crippen molar-refractivity contribution in [3.05, 3.63) is 40.0 Å². The largest absolute Gasteiger partial charge is 0.494 e. The van der Waals surface area contributed by atoms with Crippen LogP contribution >= 0.6 is 23.1 Å². The quantitative estimate of drug-likeness (QED) is 0.343. The molecule has 0 saturated heterocycles. The summed E-state index contributed by atoms with van der Waals surface area (Å²) in [7, 11) is 1.58. The van der Waals surface area contributed by atoms with Crippen molar-refractivity contribution < 1.29 is 19.0 Å². The highest BCUT2D eigenvalue weighted by molar-refractivity contribution is 7.99. The molecular formula is C21H25N3O5S2. The van der Waals surface area contributed by atoms with Crippen LogP contribution in [0.2, 0.25) is 0 Å². The predicted molar refractivity (Wildman–Crippen MR) is 124 cm³/mol. The number of carbonyl (C=O) groups excluding carboxylic acids is 1. The minimum atomic E-state index is -0.238. The molecule has 8 nitrogen and oxygen atoms in total. The number of fused-ring (bicyclic) bond motifs is 1. The van der Waals surface area contributed by atoms with E-state index in [0.717, 1.165) is 0 Å². The molecule has 0 atom stereocenters. The van der Waals surface area contributed by atoms with Gasteiger partial charge in [-0.15, -0.1) is 11.3 Å². The van der Waals surface area contributed by atoms with E-state index in [4.69, 9.17) is 14.2 Å². The van der Waals surface area contributed by atoms with Gasteiger partial charge in [-0.05, 0) is 37.4 Å². The first-order valence-corrected chi connectivity index (χ1v) is 11.7. The van der Waals surface area contributed by atoms with E-state index < -0.39 is 0 Å². The summed E-state index contributed by atoms with van der Waals surface area (Å²) in [5.41, 5.74) is 1.05. The molecule has 2 heterocycles. The van der Waals surface area contributed by atoms with E-state index in [2.05, 4.69) is 10.3 Å². The smallest absolute Gasteiger partial charge is 0.272 e. The SMILES string of the molecule is CCOc1ccc(OCC)c(NC(=O)CSc2nc3ccsc3c(=O)n2CCOC)c1. The summed E-state index contributed by atoms with van der Waals surface area (Å²) in [6.45, 7) is 5.51. The number of anilines is 1. The van der Waals surface area contributed by atoms with Gasteiger partial charge in [-0.3, -0.25) is 14.2 Å². The number of nitrogens with one attached hydrogen (secondary N) is 1. The van der Waals surface area contributed by atoms with Crippen LogP contribution in [0.3, 0.4) is 0 Å². The van der Waals surface area contributed by atoms with Crippen molar-refractivity contribution in [3.63, 3.8) is 0 Å². The fraction of sp³-hybridized carbons (Fsp3) is 0.381. The number of aromatic nitrogens is 2. The molecule has 0 aliphatic rings. The van der Waals surface area contributed by atoms with Crippen LogP contribution in [-0.2, 0) is 16.1 Å². The number of hydrogen-bond donors (Lipinski definition) is 1. The second-order valence-electron chi connectivity index (χ2n) is 6.34. The number of nitrogens with zero attached hydrogens (tertiary/aromatic N) is 2. The summed E-state index contributed by atoms with van der Waals surface area (Å²) in [6.07, 6.45) is 0. The van der Waals surface area contributed by atoms with Gasteiger partial charge in [0.1, 0.15) is 16.2 Å². The first-order chi connectivity index (χ1) is 15.1. The molecule has 0 radical (unpaired) electrons. The fourth-order valence-corrected chi connectivity index (χ4v) is 4.48. The average Bonchev–Trinajstić information content (AvgIpc) is 3.23. The molecule has 3 rings (SSSR count). The lowest BCUT2D eigenvalue weighted by atomic mass is 10.2. The number of rotatable bonds is 11. The summed E-state index contributed by atoms with van der Waals surface area (Å²) in [5.74, 6) is 1.06. The standard InChI is InChI=1S/C21H25N3O5S2/c1-4-28-14-6-7-17(29-5-2)16(12-14)22-18(25)13-31-21-23-15-8-11-30-19(15)20(26)24(21)9-10-27-3/h6-8,11-12H,4-5,9-10,13H2,1-3H3,(H,22,25). The molecule has 1 aromatic carbocycles. The molecule has 1 N–H and O–H groups in total. The van der Waals surface area contributed by atoms with Crippen LogP contribution in [0.4, 0.5) is 5.69 Å². The highest BCUT2D eigenvalue weighted by atomic mass is 32.2. The number of benzene rings is 1. The highest BCUT2D eigenvalue weighted by Crippen LogP contribution is 2.30. The van der Waals surface area contributed by atoms with Crippen LogP contribution in [0.1, 0.15) is 13.8 Å². The van der Waals surface area contributed by atoms with Gasteiger partial charge in [0.25, 0.3) is 5.56 Å². The van der Waals surface area contributed by atoms with Crippen LogP contribution in [0.15, 0.2) is 39.6 Å². The van der Waals surface area contributed by atoms with Crippen LogP contribution in [0, 0.1) is 0 Å². The molecule has 0 spiro atoms. The number of hydrogen-bond acceptors (Lipinski definition) is 8. The Morgan fingerprint density at radius 1 is 1.23 bits per heavy atom. The van der Waals surface area contributed by atoms with E-state index in [9.17, 15) is 9.59 Å². The maximum absolute atomic E-state index is 12.8. The van der Waals surface area contributed by atoms with Gasteiger partial charge in [0.05, 0.1) is 43.3 Å². The Kier molecular flexibility index (Phi) is 8.33. The normalized spacial score (nSPS) is 10.9.